The van der Waals surface area contributed by atoms with Crippen molar-refractivity contribution in [2.24, 2.45) is 0 Å². The van der Waals surface area contributed by atoms with E-state index in [9.17, 15) is 4.79 Å². The van der Waals surface area contributed by atoms with Gasteiger partial charge in [0.2, 0.25) is 0 Å². The molecule has 0 aliphatic rings. The fourth-order valence-corrected chi connectivity index (χ4v) is 1.42. The maximum atomic E-state index is 11.7. The van der Waals surface area contributed by atoms with E-state index in [1.54, 1.807) is 24.1 Å². The Morgan fingerprint density at radius 3 is 2.79 bits per heavy atom. The van der Waals surface area contributed by atoms with Gasteiger partial charge in [0.15, 0.2) is 10.4 Å². The number of halogens is 1. The smallest absolute Gasteiger partial charge is 0.289 e. The van der Waals surface area contributed by atoms with Crippen LogP contribution in [0.15, 0.2) is 21.2 Å². The lowest BCUT2D eigenvalue weighted by atomic mass is 10.3. The van der Waals surface area contributed by atoms with Crippen LogP contribution in [-0.4, -0.2) is 24.4 Å². The zero-order valence-corrected chi connectivity index (χ0v) is 10.0. The van der Waals surface area contributed by atoms with E-state index in [4.69, 9.17) is 4.42 Å². The van der Waals surface area contributed by atoms with Crippen LogP contribution >= 0.6 is 15.9 Å². The number of carbonyl (C=O) groups excluding carboxylic acids is 1. The number of hydrogen-bond acceptors (Lipinski definition) is 2. The normalized spacial score (nSPS) is 10.2. The number of hydrogen-bond donors (Lipinski definition) is 0. The molecule has 0 aliphatic carbocycles. The van der Waals surface area contributed by atoms with Gasteiger partial charge in [-0.05, 0) is 34.5 Å². The predicted molar refractivity (Wildman–Crippen MR) is 58.3 cm³/mol. The highest BCUT2D eigenvalue weighted by Crippen LogP contribution is 2.15. The summed E-state index contributed by atoms with van der Waals surface area (Å²) in [6.45, 7) is 2.87. The molecule has 0 bridgehead atoms. The zero-order valence-electron chi connectivity index (χ0n) is 8.42. The number of unbranched alkanes of at least 4 members (excludes halogenated alkanes) is 1. The molecule has 0 spiro atoms. The summed E-state index contributed by atoms with van der Waals surface area (Å²) in [5.74, 6) is 0.319. The van der Waals surface area contributed by atoms with Crippen LogP contribution in [0, 0.1) is 0 Å². The lowest BCUT2D eigenvalue weighted by Crippen LogP contribution is -2.27. The summed E-state index contributed by atoms with van der Waals surface area (Å²) < 4.78 is 5.76. The Labute approximate surface area is 92.2 Å². The second-order valence-electron chi connectivity index (χ2n) is 3.18. The zero-order chi connectivity index (χ0) is 10.6. The summed E-state index contributed by atoms with van der Waals surface area (Å²) >= 11 is 3.16. The lowest BCUT2D eigenvalue weighted by molar-refractivity contribution is 0.0760. The molecule has 1 rings (SSSR count). The van der Waals surface area contributed by atoms with Crippen molar-refractivity contribution in [1.82, 2.24) is 4.90 Å². The highest BCUT2D eigenvalue weighted by Gasteiger charge is 2.14. The van der Waals surface area contributed by atoms with Crippen molar-refractivity contribution < 1.29 is 9.21 Å². The van der Waals surface area contributed by atoms with E-state index >= 15 is 0 Å². The molecule has 0 aromatic carbocycles. The van der Waals surface area contributed by atoms with Gasteiger partial charge in [-0.3, -0.25) is 4.79 Å². The van der Waals surface area contributed by atoms with E-state index < -0.39 is 0 Å². The van der Waals surface area contributed by atoms with E-state index in [-0.39, 0.29) is 5.91 Å². The van der Waals surface area contributed by atoms with Gasteiger partial charge >= 0.3 is 0 Å². The Morgan fingerprint density at radius 1 is 1.57 bits per heavy atom. The Bertz CT molecular complexity index is 309. The van der Waals surface area contributed by atoms with Gasteiger partial charge < -0.3 is 9.32 Å². The molecule has 0 unspecified atom stereocenters. The summed E-state index contributed by atoms with van der Waals surface area (Å²) in [6.07, 6.45) is 2.10. The average molecular weight is 260 g/mol. The molecule has 0 N–H and O–H groups in total. The minimum atomic E-state index is -0.0656. The van der Waals surface area contributed by atoms with Crippen LogP contribution in [0.25, 0.3) is 0 Å². The first-order valence-electron chi connectivity index (χ1n) is 4.66. The molecule has 1 amide bonds. The molecule has 0 saturated carbocycles. The predicted octanol–water partition coefficient (Wildman–Crippen LogP) is 2.91. The van der Waals surface area contributed by atoms with E-state index in [0.29, 0.717) is 10.4 Å². The number of rotatable bonds is 4. The van der Waals surface area contributed by atoms with Crippen LogP contribution in [0.4, 0.5) is 0 Å². The maximum Gasteiger partial charge on any atom is 0.289 e. The second kappa shape index (κ2) is 5.20. The topological polar surface area (TPSA) is 33.5 Å². The molecule has 0 aliphatic heterocycles. The summed E-state index contributed by atoms with van der Waals surface area (Å²) in [4.78, 5) is 13.4. The van der Waals surface area contributed by atoms with E-state index in [1.807, 2.05) is 0 Å². The van der Waals surface area contributed by atoms with Crippen molar-refractivity contribution in [2.75, 3.05) is 13.6 Å². The summed E-state index contributed by atoms with van der Waals surface area (Å²) in [5.41, 5.74) is 0. The molecule has 1 aromatic heterocycles. The van der Waals surface area contributed by atoms with Crippen molar-refractivity contribution in [1.29, 1.82) is 0 Å². The van der Waals surface area contributed by atoms with Crippen LogP contribution in [-0.2, 0) is 0 Å². The summed E-state index contributed by atoms with van der Waals surface area (Å²) in [7, 11) is 1.79. The van der Waals surface area contributed by atoms with Crippen LogP contribution in [0.5, 0.6) is 0 Å². The third-order valence-corrected chi connectivity index (χ3v) is 2.40. The first kappa shape index (κ1) is 11.3. The van der Waals surface area contributed by atoms with Crippen LogP contribution in [0.3, 0.4) is 0 Å². The molecule has 1 heterocycles. The van der Waals surface area contributed by atoms with Crippen molar-refractivity contribution in [3.63, 3.8) is 0 Å². The van der Waals surface area contributed by atoms with Gasteiger partial charge in [0.25, 0.3) is 5.91 Å². The van der Waals surface area contributed by atoms with Crippen LogP contribution in [0.1, 0.15) is 30.3 Å². The number of amides is 1. The van der Waals surface area contributed by atoms with Crippen molar-refractivity contribution in [2.45, 2.75) is 19.8 Å². The third-order valence-electron chi connectivity index (χ3n) is 1.98. The average Bonchev–Trinajstić information content (AvgIpc) is 2.60. The molecule has 1 aromatic rings. The summed E-state index contributed by atoms with van der Waals surface area (Å²) in [6, 6.07) is 3.40. The van der Waals surface area contributed by atoms with Crippen molar-refractivity contribution in [3.05, 3.63) is 22.6 Å². The third kappa shape index (κ3) is 2.87. The van der Waals surface area contributed by atoms with Gasteiger partial charge in [0, 0.05) is 13.6 Å². The van der Waals surface area contributed by atoms with Gasteiger partial charge in [-0.1, -0.05) is 13.3 Å². The minimum absolute atomic E-state index is 0.0656. The van der Waals surface area contributed by atoms with E-state index in [0.717, 1.165) is 19.4 Å². The highest BCUT2D eigenvalue weighted by atomic mass is 79.9. The van der Waals surface area contributed by atoms with Gasteiger partial charge in [-0.15, -0.1) is 0 Å². The Balaban J connectivity index is 2.56. The molecule has 3 nitrogen and oxygen atoms in total. The summed E-state index contributed by atoms with van der Waals surface area (Å²) in [5, 5.41) is 0. The Hall–Kier alpha value is -0.770. The fraction of sp³-hybridized carbons (Fsp3) is 0.500. The molecule has 0 atom stereocenters. The highest BCUT2D eigenvalue weighted by molar-refractivity contribution is 9.10. The minimum Gasteiger partial charge on any atom is -0.444 e. The number of nitrogens with zero attached hydrogens (tertiary/aromatic N) is 1. The van der Waals surface area contributed by atoms with Gasteiger partial charge in [-0.2, -0.15) is 0 Å². The van der Waals surface area contributed by atoms with E-state index in [2.05, 4.69) is 22.9 Å². The van der Waals surface area contributed by atoms with Crippen molar-refractivity contribution in [3.8, 4) is 0 Å². The maximum absolute atomic E-state index is 11.7. The monoisotopic (exact) mass is 259 g/mol. The largest absolute Gasteiger partial charge is 0.444 e. The lowest BCUT2D eigenvalue weighted by Gasteiger charge is -2.14. The first-order chi connectivity index (χ1) is 6.65. The Kier molecular flexibility index (Phi) is 4.20. The molecule has 0 fully saturated rings. The van der Waals surface area contributed by atoms with Crippen LogP contribution in [0.2, 0.25) is 0 Å². The quantitative estimate of drug-likeness (QED) is 0.833. The van der Waals surface area contributed by atoms with Crippen molar-refractivity contribution >= 4 is 21.8 Å². The molecular formula is C10H14BrNO2. The first-order valence-corrected chi connectivity index (χ1v) is 5.45. The van der Waals surface area contributed by atoms with Gasteiger partial charge in [0.05, 0.1) is 0 Å². The Morgan fingerprint density at radius 2 is 2.29 bits per heavy atom. The molecule has 14 heavy (non-hydrogen) atoms. The fourth-order valence-electron chi connectivity index (χ4n) is 1.11. The molecule has 78 valence electrons. The molecule has 0 saturated heterocycles. The van der Waals surface area contributed by atoms with Gasteiger partial charge in [-0.25, -0.2) is 0 Å². The molecule has 4 heteroatoms. The number of carbonyl (C=O) groups is 1. The second-order valence-corrected chi connectivity index (χ2v) is 3.97. The standard InChI is InChI=1S/C10H14BrNO2/c1-3-4-7-12(2)10(13)8-5-6-9(11)14-8/h5-6H,3-4,7H2,1-2H3. The SMILES string of the molecule is CCCCN(C)C(=O)c1ccc(Br)o1. The molecule has 0 radical (unpaired) electrons. The van der Waals surface area contributed by atoms with Gasteiger partial charge in [0.1, 0.15) is 0 Å². The van der Waals surface area contributed by atoms with Crippen LogP contribution < -0.4 is 0 Å². The molecular weight excluding hydrogens is 246 g/mol. The number of furan rings is 1. The van der Waals surface area contributed by atoms with E-state index in [1.165, 1.54) is 0 Å².